The number of nitrogens with zero attached hydrogens (tertiary/aromatic N) is 1. The predicted octanol–water partition coefficient (Wildman–Crippen LogP) is 2.39. The molecule has 1 saturated carbocycles. The van der Waals surface area contributed by atoms with E-state index in [4.69, 9.17) is 22.1 Å². The Kier molecular flexibility index (Phi) is 3.12. The summed E-state index contributed by atoms with van der Waals surface area (Å²) in [6.07, 6.45) is 7.58. The fourth-order valence-electron chi connectivity index (χ4n) is 1.94. The fourth-order valence-corrected chi connectivity index (χ4v) is 2.10. The van der Waals surface area contributed by atoms with Crippen LogP contribution in [-0.2, 0) is 0 Å². The van der Waals surface area contributed by atoms with Gasteiger partial charge in [-0.05, 0) is 32.2 Å². The largest absolute Gasteiger partial charge is 0.486 e. The molecule has 4 heteroatoms. The first kappa shape index (κ1) is 10.7. The molecule has 1 heterocycles. The van der Waals surface area contributed by atoms with Gasteiger partial charge in [0, 0.05) is 12.3 Å². The molecule has 1 aromatic rings. The number of aromatic nitrogens is 1. The molecule has 0 spiro atoms. The van der Waals surface area contributed by atoms with E-state index < -0.39 is 0 Å². The van der Waals surface area contributed by atoms with Gasteiger partial charge in [-0.2, -0.15) is 0 Å². The van der Waals surface area contributed by atoms with Gasteiger partial charge in [-0.1, -0.05) is 11.6 Å². The van der Waals surface area contributed by atoms with Crippen molar-refractivity contribution < 1.29 is 4.74 Å². The third-order valence-electron chi connectivity index (χ3n) is 2.88. The summed E-state index contributed by atoms with van der Waals surface area (Å²) in [6, 6.07) is 1.80. The van der Waals surface area contributed by atoms with Gasteiger partial charge in [-0.3, -0.25) is 4.98 Å². The maximum atomic E-state index is 5.93. The van der Waals surface area contributed by atoms with E-state index in [-0.39, 0.29) is 5.60 Å². The van der Waals surface area contributed by atoms with E-state index >= 15 is 0 Å². The summed E-state index contributed by atoms with van der Waals surface area (Å²) in [7, 11) is 0. The Hall–Kier alpha value is -0.800. The van der Waals surface area contributed by atoms with Crippen molar-refractivity contribution >= 4 is 11.6 Å². The molecule has 15 heavy (non-hydrogen) atoms. The van der Waals surface area contributed by atoms with Gasteiger partial charge in [0.25, 0.3) is 0 Å². The average molecular weight is 227 g/mol. The van der Waals surface area contributed by atoms with E-state index in [1.54, 1.807) is 18.5 Å². The van der Waals surface area contributed by atoms with Crippen molar-refractivity contribution in [2.75, 3.05) is 6.54 Å². The molecule has 0 aliphatic heterocycles. The Labute approximate surface area is 94.6 Å². The monoisotopic (exact) mass is 226 g/mol. The number of halogens is 1. The third kappa shape index (κ3) is 2.41. The molecule has 0 bridgehead atoms. The Morgan fingerprint density at radius 2 is 2.27 bits per heavy atom. The van der Waals surface area contributed by atoms with Crippen LogP contribution in [-0.4, -0.2) is 17.1 Å². The lowest BCUT2D eigenvalue weighted by atomic mass is 9.77. The van der Waals surface area contributed by atoms with Gasteiger partial charge in [0.05, 0.1) is 11.2 Å². The molecule has 1 aromatic heterocycles. The van der Waals surface area contributed by atoms with Crippen LogP contribution in [0.25, 0.3) is 0 Å². The van der Waals surface area contributed by atoms with Gasteiger partial charge in [0.1, 0.15) is 11.4 Å². The standard InChI is InChI=1S/C11H15ClN2O/c12-9-6-10(8-14-7-9)15-11(4-5-13)2-1-3-11/h6-8H,1-5,13H2. The van der Waals surface area contributed by atoms with Gasteiger partial charge >= 0.3 is 0 Å². The molecule has 2 rings (SSSR count). The Morgan fingerprint density at radius 3 is 2.80 bits per heavy atom. The summed E-state index contributed by atoms with van der Waals surface area (Å²) in [5.74, 6) is 0.746. The quantitative estimate of drug-likeness (QED) is 0.858. The number of hydrogen-bond donors (Lipinski definition) is 1. The van der Waals surface area contributed by atoms with Crippen molar-refractivity contribution in [3.63, 3.8) is 0 Å². The lowest BCUT2D eigenvalue weighted by Gasteiger charge is -2.41. The SMILES string of the molecule is NCCC1(Oc2cncc(Cl)c2)CCC1. The van der Waals surface area contributed by atoms with Crippen LogP contribution < -0.4 is 10.5 Å². The van der Waals surface area contributed by atoms with Gasteiger partial charge in [0.15, 0.2) is 0 Å². The minimum Gasteiger partial charge on any atom is -0.486 e. The van der Waals surface area contributed by atoms with E-state index in [1.807, 2.05) is 0 Å². The molecule has 0 saturated heterocycles. The van der Waals surface area contributed by atoms with Crippen molar-refractivity contribution in [3.05, 3.63) is 23.5 Å². The number of ether oxygens (including phenoxy) is 1. The molecule has 0 radical (unpaired) electrons. The summed E-state index contributed by atoms with van der Waals surface area (Å²) in [4.78, 5) is 4.00. The summed E-state index contributed by atoms with van der Waals surface area (Å²) >= 11 is 5.84. The molecule has 0 atom stereocenters. The van der Waals surface area contributed by atoms with Gasteiger partial charge in [0.2, 0.25) is 0 Å². The van der Waals surface area contributed by atoms with Crippen LogP contribution in [0.15, 0.2) is 18.5 Å². The summed E-state index contributed by atoms with van der Waals surface area (Å²) in [5, 5.41) is 0.606. The van der Waals surface area contributed by atoms with Crippen LogP contribution in [0.4, 0.5) is 0 Å². The summed E-state index contributed by atoms with van der Waals surface area (Å²) in [5.41, 5.74) is 5.53. The van der Waals surface area contributed by atoms with E-state index in [9.17, 15) is 0 Å². The zero-order valence-corrected chi connectivity index (χ0v) is 9.33. The highest BCUT2D eigenvalue weighted by molar-refractivity contribution is 6.30. The van der Waals surface area contributed by atoms with Crippen molar-refractivity contribution in [2.45, 2.75) is 31.3 Å². The molecule has 2 N–H and O–H groups in total. The molecule has 3 nitrogen and oxygen atoms in total. The normalized spacial score (nSPS) is 18.3. The van der Waals surface area contributed by atoms with Gasteiger partial charge in [-0.15, -0.1) is 0 Å². The van der Waals surface area contributed by atoms with Crippen LogP contribution in [0.1, 0.15) is 25.7 Å². The first-order valence-electron chi connectivity index (χ1n) is 5.24. The van der Waals surface area contributed by atoms with Crippen molar-refractivity contribution in [2.24, 2.45) is 5.73 Å². The molecule has 1 aliphatic rings. The van der Waals surface area contributed by atoms with Gasteiger partial charge in [-0.25, -0.2) is 0 Å². The maximum absolute atomic E-state index is 5.93. The van der Waals surface area contributed by atoms with E-state index in [0.717, 1.165) is 25.0 Å². The number of rotatable bonds is 4. The second-order valence-electron chi connectivity index (χ2n) is 4.02. The average Bonchev–Trinajstić information content (AvgIpc) is 2.15. The smallest absolute Gasteiger partial charge is 0.139 e. The number of hydrogen-bond acceptors (Lipinski definition) is 3. The summed E-state index contributed by atoms with van der Waals surface area (Å²) in [6.45, 7) is 0.661. The number of nitrogens with two attached hydrogens (primary N) is 1. The van der Waals surface area contributed by atoms with Crippen LogP contribution in [0.2, 0.25) is 5.02 Å². The second-order valence-corrected chi connectivity index (χ2v) is 4.45. The van der Waals surface area contributed by atoms with E-state index in [1.165, 1.54) is 6.42 Å². The summed E-state index contributed by atoms with van der Waals surface area (Å²) < 4.78 is 5.93. The molecule has 1 fully saturated rings. The second kappa shape index (κ2) is 4.37. The zero-order valence-electron chi connectivity index (χ0n) is 8.58. The van der Waals surface area contributed by atoms with Crippen molar-refractivity contribution in [3.8, 4) is 5.75 Å². The van der Waals surface area contributed by atoms with Gasteiger partial charge < -0.3 is 10.5 Å². The Morgan fingerprint density at radius 1 is 1.47 bits per heavy atom. The molecular weight excluding hydrogens is 212 g/mol. The van der Waals surface area contributed by atoms with Crippen molar-refractivity contribution in [1.29, 1.82) is 0 Å². The molecule has 82 valence electrons. The Balaban J connectivity index is 2.06. The van der Waals surface area contributed by atoms with E-state index in [0.29, 0.717) is 11.6 Å². The molecule has 1 aliphatic carbocycles. The highest BCUT2D eigenvalue weighted by Gasteiger charge is 2.38. The van der Waals surface area contributed by atoms with Crippen LogP contribution in [0.5, 0.6) is 5.75 Å². The topological polar surface area (TPSA) is 48.1 Å². The molecular formula is C11H15ClN2O. The Bertz CT molecular complexity index is 339. The van der Waals surface area contributed by atoms with Crippen LogP contribution in [0, 0.1) is 0 Å². The fraction of sp³-hybridized carbons (Fsp3) is 0.545. The van der Waals surface area contributed by atoms with Crippen LogP contribution in [0.3, 0.4) is 0 Å². The first-order valence-corrected chi connectivity index (χ1v) is 5.62. The minimum absolute atomic E-state index is 0.0545. The number of pyridine rings is 1. The molecule has 0 unspecified atom stereocenters. The molecule has 0 aromatic carbocycles. The first-order chi connectivity index (χ1) is 7.24. The lowest BCUT2D eigenvalue weighted by molar-refractivity contribution is -0.0127. The van der Waals surface area contributed by atoms with Crippen molar-refractivity contribution in [1.82, 2.24) is 4.98 Å². The highest BCUT2D eigenvalue weighted by atomic mass is 35.5. The van der Waals surface area contributed by atoms with Crippen LogP contribution >= 0.6 is 11.6 Å². The third-order valence-corrected chi connectivity index (χ3v) is 3.09. The highest BCUT2D eigenvalue weighted by Crippen LogP contribution is 2.39. The lowest BCUT2D eigenvalue weighted by Crippen LogP contribution is -2.44. The maximum Gasteiger partial charge on any atom is 0.139 e. The minimum atomic E-state index is -0.0545. The predicted molar refractivity (Wildman–Crippen MR) is 60.1 cm³/mol. The van der Waals surface area contributed by atoms with E-state index in [2.05, 4.69) is 4.98 Å². The zero-order chi connectivity index (χ0) is 10.7. The molecule has 0 amide bonds.